The maximum absolute atomic E-state index is 12.7. The number of carbonyl (C=O) groups is 3. The lowest BCUT2D eigenvalue weighted by Crippen LogP contribution is -2.28. The number of carbonyl (C=O) groups excluding carboxylic acids is 2. The molecule has 6 heteroatoms. The molecule has 0 aliphatic heterocycles. The van der Waals surface area contributed by atoms with E-state index in [1.54, 1.807) is 0 Å². The number of hydrogen-bond acceptors (Lipinski definition) is 4. The first-order valence-electron chi connectivity index (χ1n) is 20.3. The minimum absolute atomic E-state index is 0.0981. The van der Waals surface area contributed by atoms with E-state index < -0.39 is 5.97 Å². The van der Waals surface area contributed by atoms with Crippen molar-refractivity contribution < 1.29 is 24.2 Å². The first-order valence-corrected chi connectivity index (χ1v) is 20.3. The standard InChI is InChI=1S/C43H75NO5/c1-3-5-7-9-11-13-15-16-17-18-19-21-23-25-30-34-38-43(48)49-40(35-31-27-24-22-20-14-12-10-8-6-4-2)36-32-28-26-29-33-37-41(45)44-39-42(46)47/h12,14,17-18,22,24,31,35,40H,3-11,13,15-16,19-21,23,25-30,32-34,36-39H2,1-2H3,(H,44,45)(H,46,47)/b14-12-,18-17-,24-22-,35-31-. The number of amides is 1. The molecule has 0 aromatic carbocycles. The molecule has 1 amide bonds. The third kappa shape index (κ3) is 38.0. The SMILES string of the molecule is CCCCC/C=C\C/C=C\C/C=C\C(CCCCCCCC(=O)NCC(=O)O)OC(=O)CCCCCCC/C=C\CCCCCCCCC. The fourth-order valence-corrected chi connectivity index (χ4v) is 5.67. The zero-order valence-electron chi connectivity index (χ0n) is 31.8. The van der Waals surface area contributed by atoms with Gasteiger partial charge in [0.1, 0.15) is 12.6 Å². The summed E-state index contributed by atoms with van der Waals surface area (Å²) >= 11 is 0. The van der Waals surface area contributed by atoms with Crippen molar-refractivity contribution in [1.29, 1.82) is 0 Å². The maximum atomic E-state index is 12.7. The van der Waals surface area contributed by atoms with Crippen molar-refractivity contribution in [2.75, 3.05) is 6.54 Å². The van der Waals surface area contributed by atoms with Crippen LogP contribution in [0, 0.1) is 0 Å². The zero-order valence-corrected chi connectivity index (χ0v) is 31.8. The summed E-state index contributed by atoms with van der Waals surface area (Å²) in [5.41, 5.74) is 0. The largest absolute Gasteiger partial charge is 0.480 e. The molecular weight excluding hydrogens is 610 g/mol. The first kappa shape index (κ1) is 46.4. The van der Waals surface area contributed by atoms with Gasteiger partial charge in [0.2, 0.25) is 5.91 Å². The molecule has 0 heterocycles. The van der Waals surface area contributed by atoms with Crippen molar-refractivity contribution in [3.8, 4) is 0 Å². The second-order valence-corrected chi connectivity index (χ2v) is 13.5. The smallest absolute Gasteiger partial charge is 0.322 e. The summed E-state index contributed by atoms with van der Waals surface area (Å²) in [6.45, 7) is 4.17. The van der Waals surface area contributed by atoms with Gasteiger partial charge < -0.3 is 15.2 Å². The van der Waals surface area contributed by atoms with Gasteiger partial charge in [-0.2, -0.15) is 0 Å². The monoisotopic (exact) mass is 686 g/mol. The summed E-state index contributed by atoms with van der Waals surface area (Å²) in [7, 11) is 0. The van der Waals surface area contributed by atoms with Crippen molar-refractivity contribution in [3.63, 3.8) is 0 Å². The number of nitrogens with one attached hydrogen (secondary N) is 1. The average Bonchev–Trinajstić information content (AvgIpc) is 3.08. The van der Waals surface area contributed by atoms with Gasteiger partial charge in [-0.15, -0.1) is 0 Å². The molecule has 6 nitrogen and oxygen atoms in total. The van der Waals surface area contributed by atoms with Crippen molar-refractivity contribution in [2.24, 2.45) is 0 Å². The van der Waals surface area contributed by atoms with Crippen LogP contribution in [0.2, 0.25) is 0 Å². The van der Waals surface area contributed by atoms with Gasteiger partial charge in [-0.25, -0.2) is 0 Å². The lowest BCUT2D eigenvalue weighted by molar-refractivity contribution is -0.147. The Morgan fingerprint density at radius 3 is 1.61 bits per heavy atom. The summed E-state index contributed by atoms with van der Waals surface area (Å²) in [6.07, 6.45) is 48.1. The molecule has 0 saturated heterocycles. The highest BCUT2D eigenvalue weighted by Gasteiger charge is 2.11. The number of ether oxygens (including phenoxy) is 1. The third-order valence-electron chi connectivity index (χ3n) is 8.71. The minimum atomic E-state index is -1.03. The molecule has 282 valence electrons. The predicted molar refractivity (Wildman–Crippen MR) is 208 cm³/mol. The van der Waals surface area contributed by atoms with Crippen LogP contribution in [0.3, 0.4) is 0 Å². The fourth-order valence-electron chi connectivity index (χ4n) is 5.67. The molecule has 0 fully saturated rings. The van der Waals surface area contributed by atoms with Crippen LogP contribution in [0.15, 0.2) is 48.6 Å². The summed E-state index contributed by atoms with van der Waals surface area (Å²) in [5, 5.41) is 11.1. The lowest BCUT2D eigenvalue weighted by atomic mass is 10.1. The molecule has 0 spiro atoms. The molecule has 0 bridgehead atoms. The Hall–Kier alpha value is -2.63. The Morgan fingerprint density at radius 1 is 0.551 bits per heavy atom. The molecular formula is C43H75NO5. The summed E-state index contributed by atoms with van der Waals surface area (Å²) in [5.74, 6) is -1.33. The van der Waals surface area contributed by atoms with Gasteiger partial charge in [0.05, 0.1) is 0 Å². The van der Waals surface area contributed by atoms with E-state index in [0.29, 0.717) is 12.8 Å². The quantitative estimate of drug-likeness (QED) is 0.0389. The number of carboxylic acids is 1. The molecule has 0 aromatic rings. The number of unbranched alkanes of at least 4 members (excludes halogenated alkanes) is 19. The maximum Gasteiger partial charge on any atom is 0.322 e. The summed E-state index contributed by atoms with van der Waals surface area (Å²) < 4.78 is 5.90. The van der Waals surface area contributed by atoms with E-state index >= 15 is 0 Å². The fraction of sp³-hybridized carbons (Fsp3) is 0.744. The number of aliphatic carboxylic acids is 1. The highest BCUT2D eigenvalue weighted by atomic mass is 16.5. The Morgan fingerprint density at radius 2 is 1.00 bits per heavy atom. The van der Waals surface area contributed by atoms with Crippen LogP contribution < -0.4 is 5.32 Å². The van der Waals surface area contributed by atoms with E-state index in [9.17, 15) is 14.4 Å². The van der Waals surface area contributed by atoms with Gasteiger partial charge >= 0.3 is 11.9 Å². The van der Waals surface area contributed by atoms with E-state index in [4.69, 9.17) is 9.84 Å². The highest BCUT2D eigenvalue weighted by Crippen LogP contribution is 2.15. The van der Waals surface area contributed by atoms with Gasteiger partial charge in [-0.1, -0.05) is 146 Å². The van der Waals surface area contributed by atoms with Gasteiger partial charge in [-0.05, 0) is 83.1 Å². The molecule has 0 saturated carbocycles. The normalized spacial score (nSPS) is 12.5. The van der Waals surface area contributed by atoms with Crippen molar-refractivity contribution in [3.05, 3.63) is 48.6 Å². The molecule has 49 heavy (non-hydrogen) atoms. The van der Waals surface area contributed by atoms with Gasteiger partial charge in [0.15, 0.2) is 0 Å². The molecule has 1 unspecified atom stereocenters. The molecule has 0 aliphatic carbocycles. The van der Waals surface area contributed by atoms with Crippen molar-refractivity contribution in [1.82, 2.24) is 5.32 Å². The van der Waals surface area contributed by atoms with Crippen LogP contribution in [-0.2, 0) is 19.1 Å². The molecule has 2 N–H and O–H groups in total. The molecule has 0 aromatic heterocycles. The molecule has 1 atom stereocenters. The predicted octanol–water partition coefficient (Wildman–Crippen LogP) is 12.3. The average molecular weight is 686 g/mol. The number of carboxylic acid groups (broad SMARTS) is 1. The molecule has 0 aliphatic rings. The Balaban J connectivity index is 4.28. The Bertz CT molecular complexity index is 891. The Labute approximate surface area is 301 Å². The van der Waals surface area contributed by atoms with Crippen LogP contribution in [0.5, 0.6) is 0 Å². The van der Waals surface area contributed by atoms with Crippen LogP contribution in [-0.4, -0.2) is 35.6 Å². The second-order valence-electron chi connectivity index (χ2n) is 13.5. The van der Waals surface area contributed by atoms with E-state index in [1.807, 2.05) is 0 Å². The van der Waals surface area contributed by atoms with Crippen LogP contribution in [0.4, 0.5) is 0 Å². The zero-order chi connectivity index (χ0) is 35.9. The molecule has 0 rings (SSSR count). The van der Waals surface area contributed by atoms with E-state index in [1.165, 1.54) is 96.3 Å². The van der Waals surface area contributed by atoms with Crippen LogP contribution in [0.1, 0.15) is 194 Å². The molecule has 0 radical (unpaired) electrons. The van der Waals surface area contributed by atoms with Crippen molar-refractivity contribution >= 4 is 17.8 Å². The summed E-state index contributed by atoms with van der Waals surface area (Å²) in [6, 6.07) is 0. The highest BCUT2D eigenvalue weighted by molar-refractivity contribution is 5.80. The third-order valence-corrected chi connectivity index (χ3v) is 8.71. The summed E-state index contributed by atoms with van der Waals surface area (Å²) in [4.78, 5) is 34.9. The second kappa shape index (κ2) is 38.2. The van der Waals surface area contributed by atoms with Crippen LogP contribution >= 0.6 is 0 Å². The van der Waals surface area contributed by atoms with E-state index in [2.05, 4.69) is 67.8 Å². The number of esters is 1. The number of allylic oxidation sites excluding steroid dienone is 7. The van der Waals surface area contributed by atoms with E-state index in [0.717, 1.165) is 70.6 Å². The van der Waals surface area contributed by atoms with Gasteiger partial charge in [-0.3, -0.25) is 14.4 Å². The topological polar surface area (TPSA) is 92.7 Å². The van der Waals surface area contributed by atoms with Gasteiger partial charge in [0.25, 0.3) is 0 Å². The number of hydrogen-bond donors (Lipinski definition) is 2. The Kier molecular flexibility index (Phi) is 36.1. The van der Waals surface area contributed by atoms with Gasteiger partial charge in [0, 0.05) is 12.8 Å². The van der Waals surface area contributed by atoms with Crippen molar-refractivity contribution in [2.45, 2.75) is 200 Å². The lowest BCUT2D eigenvalue weighted by Gasteiger charge is -2.14. The van der Waals surface area contributed by atoms with E-state index in [-0.39, 0.29) is 24.5 Å². The number of rotatable bonds is 36. The van der Waals surface area contributed by atoms with Crippen LogP contribution in [0.25, 0.3) is 0 Å². The minimum Gasteiger partial charge on any atom is -0.480 e. The first-order chi connectivity index (χ1) is 24.0.